The van der Waals surface area contributed by atoms with Crippen LogP contribution in [0.1, 0.15) is 19.4 Å². The molecule has 0 amide bonds. The molecule has 2 N–H and O–H groups in total. The van der Waals surface area contributed by atoms with Crippen molar-refractivity contribution in [1.29, 1.82) is 0 Å². The molecule has 0 spiro atoms. The molecule has 1 rings (SSSR count). The summed E-state index contributed by atoms with van der Waals surface area (Å²) < 4.78 is 24.9. The Kier molecular flexibility index (Phi) is 4.68. The topological polar surface area (TPSA) is 58.2 Å². The first-order valence-electron chi connectivity index (χ1n) is 5.52. The Morgan fingerprint density at radius 2 is 1.76 bits per heavy atom. The van der Waals surface area contributed by atoms with E-state index in [1.165, 1.54) is 11.8 Å². The molecule has 0 aliphatic carbocycles. The van der Waals surface area contributed by atoms with Gasteiger partial charge in [0.15, 0.2) is 0 Å². The molecule has 0 bridgehead atoms. The van der Waals surface area contributed by atoms with Gasteiger partial charge in [0.05, 0.1) is 6.26 Å². The lowest BCUT2D eigenvalue weighted by Crippen LogP contribution is -2.49. The fourth-order valence-corrected chi connectivity index (χ4v) is 2.73. The van der Waals surface area contributed by atoms with Crippen LogP contribution in [0.5, 0.6) is 0 Å². The van der Waals surface area contributed by atoms with Gasteiger partial charge >= 0.3 is 0 Å². The normalized spacial score (nSPS) is 12.6. The molecule has 0 heterocycles. The van der Waals surface area contributed by atoms with Gasteiger partial charge in [-0.1, -0.05) is 30.3 Å². The van der Waals surface area contributed by atoms with E-state index in [-0.39, 0.29) is 0 Å². The zero-order chi connectivity index (χ0) is 12.9. The highest BCUT2D eigenvalue weighted by molar-refractivity contribution is 7.88. The first kappa shape index (κ1) is 14.2. The van der Waals surface area contributed by atoms with Crippen molar-refractivity contribution in [2.45, 2.75) is 25.9 Å². The van der Waals surface area contributed by atoms with Gasteiger partial charge in [-0.3, -0.25) is 0 Å². The molecule has 0 aliphatic heterocycles. The summed E-state index contributed by atoms with van der Waals surface area (Å²) in [6, 6.07) is 10.0. The number of hydrogen-bond acceptors (Lipinski definition) is 3. The van der Waals surface area contributed by atoms with E-state index in [4.69, 9.17) is 0 Å². The van der Waals surface area contributed by atoms with E-state index in [1.807, 2.05) is 44.2 Å². The number of benzene rings is 1. The van der Waals surface area contributed by atoms with Crippen LogP contribution in [0.25, 0.3) is 0 Å². The van der Waals surface area contributed by atoms with Crippen molar-refractivity contribution in [3.8, 4) is 0 Å². The molecule has 0 unspecified atom stereocenters. The van der Waals surface area contributed by atoms with Gasteiger partial charge in [0.25, 0.3) is 0 Å². The molecule has 0 saturated carbocycles. The highest BCUT2D eigenvalue weighted by atomic mass is 32.2. The summed E-state index contributed by atoms with van der Waals surface area (Å²) in [5.74, 6) is 0. The molecule has 0 radical (unpaired) electrons. The zero-order valence-corrected chi connectivity index (χ0v) is 11.3. The largest absolute Gasteiger partial charge is 0.311 e. The maximum absolute atomic E-state index is 11.1. The maximum atomic E-state index is 11.1. The first-order valence-corrected chi connectivity index (χ1v) is 7.41. The summed E-state index contributed by atoms with van der Waals surface area (Å²) >= 11 is 0. The molecule has 17 heavy (non-hydrogen) atoms. The minimum atomic E-state index is -3.17. The van der Waals surface area contributed by atoms with E-state index in [1.54, 1.807) is 0 Å². The molecule has 0 saturated heterocycles. The molecule has 4 nitrogen and oxygen atoms in total. The summed E-state index contributed by atoms with van der Waals surface area (Å²) in [4.78, 5) is 0. The van der Waals surface area contributed by atoms with Gasteiger partial charge < -0.3 is 5.32 Å². The predicted octanol–water partition coefficient (Wildman–Crippen LogP) is 1.10. The Morgan fingerprint density at radius 3 is 2.29 bits per heavy atom. The van der Waals surface area contributed by atoms with Crippen LogP contribution in [-0.2, 0) is 16.6 Å². The lowest BCUT2D eigenvalue weighted by atomic mass is 10.1. The minimum Gasteiger partial charge on any atom is -0.311 e. The van der Waals surface area contributed by atoms with Crippen LogP contribution in [0.4, 0.5) is 0 Å². The molecular formula is C12H20N2O2S. The SMILES string of the molecule is CC(C)(CNCc1ccccc1)NS(C)(=O)=O. The smallest absolute Gasteiger partial charge is 0.209 e. The lowest BCUT2D eigenvalue weighted by Gasteiger charge is -2.25. The van der Waals surface area contributed by atoms with Crippen LogP contribution in [0.2, 0.25) is 0 Å². The van der Waals surface area contributed by atoms with Crippen molar-refractivity contribution in [1.82, 2.24) is 10.0 Å². The van der Waals surface area contributed by atoms with Gasteiger partial charge in [0.1, 0.15) is 0 Å². The Balaban J connectivity index is 2.40. The van der Waals surface area contributed by atoms with Crippen molar-refractivity contribution >= 4 is 10.0 Å². The molecule has 0 aromatic heterocycles. The summed E-state index contributed by atoms with van der Waals surface area (Å²) in [5.41, 5.74) is 0.699. The zero-order valence-electron chi connectivity index (χ0n) is 10.5. The lowest BCUT2D eigenvalue weighted by molar-refractivity contribution is 0.421. The van der Waals surface area contributed by atoms with Gasteiger partial charge in [0.2, 0.25) is 10.0 Å². The fourth-order valence-electron chi connectivity index (χ4n) is 1.65. The van der Waals surface area contributed by atoms with Crippen molar-refractivity contribution in [3.05, 3.63) is 35.9 Å². The van der Waals surface area contributed by atoms with Gasteiger partial charge in [-0.05, 0) is 19.4 Å². The van der Waals surface area contributed by atoms with Gasteiger partial charge in [-0.15, -0.1) is 0 Å². The van der Waals surface area contributed by atoms with Crippen molar-refractivity contribution in [3.63, 3.8) is 0 Å². The van der Waals surface area contributed by atoms with E-state index in [9.17, 15) is 8.42 Å². The predicted molar refractivity (Wildman–Crippen MR) is 70.2 cm³/mol. The number of sulfonamides is 1. The minimum absolute atomic E-state index is 0.484. The molecule has 0 fully saturated rings. The summed E-state index contributed by atoms with van der Waals surface area (Å²) in [7, 11) is -3.17. The van der Waals surface area contributed by atoms with E-state index in [0.717, 1.165) is 6.54 Å². The molecular weight excluding hydrogens is 236 g/mol. The third-order valence-electron chi connectivity index (χ3n) is 2.20. The molecule has 96 valence electrons. The van der Waals surface area contributed by atoms with Crippen LogP contribution < -0.4 is 10.0 Å². The second kappa shape index (κ2) is 5.62. The van der Waals surface area contributed by atoms with Gasteiger partial charge in [-0.2, -0.15) is 0 Å². The van der Waals surface area contributed by atoms with Crippen LogP contribution in [0, 0.1) is 0 Å². The third kappa shape index (κ3) is 6.41. The Hall–Kier alpha value is -0.910. The molecule has 0 atom stereocenters. The fraction of sp³-hybridized carbons (Fsp3) is 0.500. The summed E-state index contributed by atoms with van der Waals surface area (Å²) in [5, 5.41) is 3.24. The monoisotopic (exact) mass is 256 g/mol. The van der Waals surface area contributed by atoms with E-state index in [0.29, 0.717) is 6.54 Å². The number of hydrogen-bond donors (Lipinski definition) is 2. The van der Waals surface area contributed by atoms with E-state index in [2.05, 4.69) is 10.0 Å². The summed E-state index contributed by atoms with van der Waals surface area (Å²) in [6.45, 7) is 5.02. The quantitative estimate of drug-likeness (QED) is 0.801. The first-order chi connectivity index (χ1) is 7.79. The third-order valence-corrected chi connectivity index (χ3v) is 3.12. The standard InChI is InChI=1S/C12H20N2O2S/c1-12(2,14-17(3,15)16)10-13-9-11-7-5-4-6-8-11/h4-8,13-14H,9-10H2,1-3H3. The van der Waals surface area contributed by atoms with Gasteiger partial charge in [0, 0.05) is 18.6 Å². The Labute approximate surface area is 103 Å². The van der Waals surface area contributed by atoms with Crippen LogP contribution in [0.15, 0.2) is 30.3 Å². The average molecular weight is 256 g/mol. The maximum Gasteiger partial charge on any atom is 0.209 e. The second-order valence-electron chi connectivity index (χ2n) is 4.85. The number of nitrogens with one attached hydrogen (secondary N) is 2. The molecule has 1 aromatic carbocycles. The second-order valence-corrected chi connectivity index (χ2v) is 6.60. The highest BCUT2D eigenvalue weighted by Gasteiger charge is 2.21. The van der Waals surface area contributed by atoms with E-state index >= 15 is 0 Å². The molecule has 0 aliphatic rings. The molecule has 1 aromatic rings. The Morgan fingerprint density at radius 1 is 1.18 bits per heavy atom. The van der Waals surface area contributed by atoms with Crippen LogP contribution in [0.3, 0.4) is 0 Å². The highest BCUT2D eigenvalue weighted by Crippen LogP contribution is 2.03. The number of rotatable bonds is 6. The van der Waals surface area contributed by atoms with Gasteiger partial charge in [-0.25, -0.2) is 13.1 Å². The average Bonchev–Trinajstić information content (AvgIpc) is 2.15. The molecule has 5 heteroatoms. The van der Waals surface area contributed by atoms with Crippen molar-refractivity contribution < 1.29 is 8.42 Å². The van der Waals surface area contributed by atoms with Crippen LogP contribution >= 0.6 is 0 Å². The Bertz CT molecular complexity index is 441. The summed E-state index contributed by atoms with van der Waals surface area (Å²) in [6.07, 6.45) is 1.17. The van der Waals surface area contributed by atoms with E-state index < -0.39 is 15.6 Å². The van der Waals surface area contributed by atoms with Crippen LogP contribution in [-0.4, -0.2) is 26.8 Å². The van der Waals surface area contributed by atoms with Crippen molar-refractivity contribution in [2.24, 2.45) is 0 Å². The van der Waals surface area contributed by atoms with Crippen molar-refractivity contribution in [2.75, 3.05) is 12.8 Å².